The maximum absolute atomic E-state index is 11.8. The van der Waals surface area contributed by atoms with Gasteiger partial charge in [0.05, 0.1) is 28.2 Å². The maximum Gasteiger partial charge on any atom is 0.314 e. The molecule has 0 radical (unpaired) electrons. The minimum atomic E-state index is -1.09. The first-order valence-electron chi connectivity index (χ1n) is 5.61. The van der Waals surface area contributed by atoms with Gasteiger partial charge in [0.2, 0.25) is 0 Å². The van der Waals surface area contributed by atoms with Gasteiger partial charge in [-0.1, -0.05) is 35.3 Å². The molecule has 5 heteroatoms. The molecule has 1 aromatic rings. The lowest BCUT2D eigenvalue weighted by Gasteiger charge is -2.29. The van der Waals surface area contributed by atoms with Gasteiger partial charge in [-0.3, -0.25) is 4.79 Å². The van der Waals surface area contributed by atoms with Gasteiger partial charge < -0.3 is 9.84 Å². The zero-order chi connectivity index (χ0) is 13.9. The fourth-order valence-corrected chi connectivity index (χ4v) is 1.96. The number of aliphatic hydroxyl groups excluding tert-OH is 1. The van der Waals surface area contributed by atoms with Gasteiger partial charge in [0.25, 0.3) is 0 Å². The number of ether oxygens (including phenoxy) is 1. The van der Waals surface area contributed by atoms with Crippen LogP contribution >= 0.6 is 23.2 Å². The van der Waals surface area contributed by atoms with Gasteiger partial charge in [-0.15, -0.1) is 0 Å². The molecular formula is C13H16Cl2O3. The molecule has 1 unspecified atom stereocenters. The second kappa shape index (κ2) is 5.91. The molecule has 0 spiro atoms. The Morgan fingerprint density at radius 3 is 2.61 bits per heavy atom. The maximum atomic E-state index is 11.8. The zero-order valence-electron chi connectivity index (χ0n) is 10.5. The molecule has 0 aromatic heterocycles. The number of hydrogen-bond acceptors (Lipinski definition) is 3. The van der Waals surface area contributed by atoms with Gasteiger partial charge in [-0.25, -0.2) is 0 Å². The highest BCUT2D eigenvalue weighted by molar-refractivity contribution is 6.42. The third-order valence-electron chi connectivity index (χ3n) is 2.76. The first-order valence-corrected chi connectivity index (χ1v) is 6.37. The van der Waals surface area contributed by atoms with E-state index in [1.165, 1.54) is 0 Å². The summed E-state index contributed by atoms with van der Waals surface area (Å²) in [5, 5.41) is 10.9. The van der Waals surface area contributed by atoms with Gasteiger partial charge in [0.1, 0.15) is 0 Å². The van der Waals surface area contributed by atoms with Gasteiger partial charge in [-0.2, -0.15) is 0 Å². The summed E-state index contributed by atoms with van der Waals surface area (Å²) in [6, 6.07) is 4.94. The molecule has 0 aliphatic carbocycles. The second-order valence-corrected chi connectivity index (χ2v) is 5.27. The molecule has 0 bridgehead atoms. The molecule has 1 rings (SSSR count). The quantitative estimate of drug-likeness (QED) is 0.862. The van der Waals surface area contributed by atoms with Crippen LogP contribution in [0.5, 0.6) is 0 Å². The summed E-state index contributed by atoms with van der Waals surface area (Å²) in [4.78, 5) is 11.8. The summed E-state index contributed by atoms with van der Waals surface area (Å²) in [6.45, 7) is 5.19. The van der Waals surface area contributed by atoms with Crippen LogP contribution in [0.25, 0.3) is 0 Å². The van der Waals surface area contributed by atoms with E-state index in [9.17, 15) is 9.90 Å². The van der Waals surface area contributed by atoms with Crippen LogP contribution in [0.3, 0.4) is 0 Å². The highest BCUT2D eigenvalue weighted by Gasteiger charge is 2.39. The van der Waals surface area contributed by atoms with Crippen molar-refractivity contribution in [1.29, 1.82) is 0 Å². The smallest absolute Gasteiger partial charge is 0.314 e. The molecule has 100 valence electrons. The summed E-state index contributed by atoms with van der Waals surface area (Å²) in [6.07, 6.45) is -1.08. The lowest BCUT2D eigenvalue weighted by Crippen LogP contribution is -2.33. The van der Waals surface area contributed by atoms with E-state index in [-0.39, 0.29) is 11.6 Å². The molecule has 1 aromatic carbocycles. The van der Waals surface area contributed by atoms with E-state index in [4.69, 9.17) is 27.9 Å². The van der Waals surface area contributed by atoms with Crippen LogP contribution in [-0.2, 0) is 9.53 Å². The number of carbonyl (C=O) groups is 1. The molecule has 0 heterocycles. The molecule has 18 heavy (non-hydrogen) atoms. The van der Waals surface area contributed by atoms with E-state index in [2.05, 4.69) is 0 Å². The van der Waals surface area contributed by atoms with Crippen LogP contribution in [0.15, 0.2) is 18.2 Å². The fourth-order valence-electron chi connectivity index (χ4n) is 1.55. The molecule has 1 atom stereocenters. The van der Waals surface area contributed by atoms with Crippen LogP contribution in [0.1, 0.15) is 32.4 Å². The summed E-state index contributed by atoms with van der Waals surface area (Å²) in [5.41, 5.74) is -0.674. The van der Waals surface area contributed by atoms with Crippen LogP contribution in [0, 0.1) is 5.41 Å². The molecule has 3 nitrogen and oxygen atoms in total. The zero-order valence-corrected chi connectivity index (χ0v) is 12.0. The van der Waals surface area contributed by atoms with Crippen molar-refractivity contribution in [2.75, 3.05) is 6.61 Å². The van der Waals surface area contributed by atoms with Gasteiger partial charge in [0, 0.05) is 5.56 Å². The van der Waals surface area contributed by atoms with Crippen LogP contribution in [0.4, 0.5) is 0 Å². The third-order valence-corrected chi connectivity index (χ3v) is 3.59. The summed E-state index contributed by atoms with van der Waals surface area (Å²) >= 11 is 11.9. The van der Waals surface area contributed by atoms with E-state index < -0.39 is 17.5 Å². The minimum Gasteiger partial charge on any atom is -0.465 e. The SMILES string of the molecule is CCOC(=O)C(C)(C)C(O)c1cccc(Cl)c1Cl. The summed E-state index contributed by atoms with van der Waals surface area (Å²) in [5.74, 6) is -0.478. The molecular weight excluding hydrogens is 275 g/mol. The lowest BCUT2D eigenvalue weighted by molar-refractivity contribution is -0.160. The van der Waals surface area contributed by atoms with E-state index >= 15 is 0 Å². The molecule has 1 N–H and O–H groups in total. The van der Waals surface area contributed by atoms with Crippen molar-refractivity contribution in [3.05, 3.63) is 33.8 Å². The number of benzene rings is 1. The van der Waals surface area contributed by atoms with Gasteiger partial charge in [-0.05, 0) is 26.8 Å². The number of carbonyl (C=O) groups excluding carboxylic acids is 1. The van der Waals surface area contributed by atoms with Crippen LogP contribution in [0.2, 0.25) is 10.0 Å². The highest BCUT2D eigenvalue weighted by atomic mass is 35.5. The van der Waals surface area contributed by atoms with Gasteiger partial charge in [0.15, 0.2) is 0 Å². The van der Waals surface area contributed by atoms with Crippen molar-refractivity contribution in [1.82, 2.24) is 0 Å². The normalized spacial score (nSPS) is 13.2. The summed E-state index contributed by atoms with van der Waals surface area (Å²) in [7, 11) is 0. The Labute approximate surface area is 117 Å². The Morgan fingerprint density at radius 1 is 1.44 bits per heavy atom. The standard InChI is InChI=1S/C13H16Cl2O3/c1-4-18-12(17)13(2,3)11(16)8-6-5-7-9(14)10(8)15/h5-7,11,16H,4H2,1-3H3. The van der Waals surface area contributed by atoms with Crippen molar-refractivity contribution in [3.63, 3.8) is 0 Å². The minimum absolute atomic E-state index is 0.254. The monoisotopic (exact) mass is 290 g/mol. The van der Waals surface area contributed by atoms with Crippen molar-refractivity contribution < 1.29 is 14.6 Å². The molecule has 0 fully saturated rings. The van der Waals surface area contributed by atoms with Crippen molar-refractivity contribution >= 4 is 29.2 Å². The molecule has 0 saturated carbocycles. The summed E-state index contributed by atoms with van der Waals surface area (Å²) < 4.78 is 4.94. The topological polar surface area (TPSA) is 46.5 Å². The Morgan fingerprint density at radius 2 is 2.06 bits per heavy atom. The van der Waals surface area contributed by atoms with Crippen LogP contribution in [-0.4, -0.2) is 17.7 Å². The predicted molar refractivity (Wildman–Crippen MR) is 71.8 cm³/mol. The van der Waals surface area contributed by atoms with Crippen molar-refractivity contribution in [2.45, 2.75) is 26.9 Å². The number of hydrogen-bond donors (Lipinski definition) is 1. The molecule has 0 saturated heterocycles. The number of esters is 1. The van der Waals surface area contributed by atoms with E-state index in [1.807, 2.05) is 0 Å². The Hall–Kier alpha value is -0.770. The molecule has 0 aliphatic heterocycles. The largest absolute Gasteiger partial charge is 0.465 e. The fraction of sp³-hybridized carbons (Fsp3) is 0.462. The molecule has 0 aliphatic rings. The predicted octanol–water partition coefficient (Wildman–Crippen LogP) is 3.62. The van der Waals surface area contributed by atoms with E-state index in [0.29, 0.717) is 10.6 Å². The highest BCUT2D eigenvalue weighted by Crippen LogP contribution is 2.39. The first kappa shape index (κ1) is 15.3. The average molecular weight is 291 g/mol. The van der Waals surface area contributed by atoms with Gasteiger partial charge >= 0.3 is 5.97 Å². The van der Waals surface area contributed by atoms with E-state index in [1.54, 1.807) is 39.0 Å². The van der Waals surface area contributed by atoms with E-state index in [0.717, 1.165) is 0 Å². The van der Waals surface area contributed by atoms with Crippen LogP contribution < -0.4 is 0 Å². The van der Waals surface area contributed by atoms with Crippen molar-refractivity contribution in [2.24, 2.45) is 5.41 Å². The average Bonchev–Trinajstić information content (AvgIpc) is 2.32. The number of rotatable bonds is 4. The Balaban J connectivity index is 3.09. The third kappa shape index (κ3) is 2.97. The molecule has 0 amide bonds. The lowest BCUT2D eigenvalue weighted by atomic mass is 9.82. The Kier molecular flexibility index (Phi) is 5.02. The second-order valence-electron chi connectivity index (χ2n) is 4.49. The first-order chi connectivity index (χ1) is 8.32. The van der Waals surface area contributed by atoms with Crippen molar-refractivity contribution in [3.8, 4) is 0 Å². The number of aliphatic hydroxyl groups is 1. The number of halogens is 2. The Bertz CT molecular complexity index is 444.